The van der Waals surface area contributed by atoms with Crippen molar-refractivity contribution in [1.82, 2.24) is 15.1 Å². The molecule has 1 aliphatic carbocycles. The molecule has 0 spiro atoms. The Morgan fingerprint density at radius 3 is 2.24 bits per heavy atom. The number of nitrogens with zero attached hydrogens (tertiary/aromatic N) is 2. The van der Waals surface area contributed by atoms with Crippen molar-refractivity contribution < 1.29 is 4.79 Å². The highest BCUT2D eigenvalue weighted by molar-refractivity contribution is 5.78. The van der Waals surface area contributed by atoms with Gasteiger partial charge in [0, 0.05) is 38.8 Å². The first-order chi connectivity index (χ1) is 12.3. The summed E-state index contributed by atoms with van der Waals surface area (Å²) in [6.45, 7) is 5.85. The van der Waals surface area contributed by atoms with Crippen LogP contribution in [0.5, 0.6) is 0 Å². The van der Waals surface area contributed by atoms with Crippen LogP contribution >= 0.6 is 0 Å². The van der Waals surface area contributed by atoms with Crippen LogP contribution in [-0.2, 0) is 11.2 Å². The third-order valence-corrected chi connectivity index (χ3v) is 5.61. The zero-order valence-electron chi connectivity index (χ0n) is 15.5. The van der Waals surface area contributed by atoms with Gasteiger partial charge < -0.3 is 10.2 Å². The van der Waals surface area contributed by atoms with Crippen LogP contribution in [-0.4, -0.2) is 61.0 Å². The SMILES string of the molecule is O=C(CN1CCN(CCc2ccccc2)CC1)NC1CCCCCC1. The number of piperazine rings is 1. The number of amides is 1. The highest BCUT2D eigenvalue weighted by atomic mass is 16.2. The maximum atomic E-state index is 12.3. The number of carbonyl (C=O) groups is 1. The van der Waals surface area contributed by atoms with Gasteiger partial charge in [-0.3, -0.25) is 9.69 Å². The minimum Gasteiger partial charge on any atom is -0.352 e. The van der Waals surface area contributed by atoms with Crippen molar-refractivity contribution in [2.75, 3.05) is 39.3 Å². The molecule has 1 aromatic carbocycles. The first kappa shape index (κ1) is 18.4. The average Bonchev–Trinajstić information content (AvgIpc) is 2.90. The molecule has 4 nitrogen and oxygen atoms in total. The predicted molar refractivity (Wildman–Crippen MR) is 103 cm³/mol. The van der Waals surface area contributed by atoms with E-state index in [0.29, 0.717) is 12.6 Å². The lowest BCUT2D eigenvalue weighted by molar-refractivity contribution is -0.123. The molecule has 1 aliphatic heterocycles. The van der Waals surface area contributed by atoms with E-state index in [4.69, 9.17) is 0 Å². The minimum absolute atomic E-state index is 0.227. The topological polar surface area (TPSA) is 35.6 Å². The zero-order chi connectivity index (χ0) is 17.3. The van der Waals surface area contributed by atoms with Crippen molar-refractivity contribution in [2.45, 2.75) is 51.0 Å². The monoisotopic (exact) mass is 343 g/mol. The standard InChI is InChI=1S/C21H33N3O/c25-21(22-20-10-6-1-2-7-11-20)18-24-16-14-23(15-17-24)13-12-19-8-4-3-5-9-19/h3-5,8-9,20H,1-2,6-7,10-18H2,(H,22,25). The summed E-state index contributed by atoms with van der Waals surface area (Å²) < 4.78 is 0. The lowest BCUT2D eigenvalue weighted by Gasteiger charge is -2.34. The van der Waals surface area contributed by atoms with Gasteiger partial charge in [0.1, 0.15) is 0 Å². The van der Waals surface area contributed by atoms with E-state index in [0.717, 1.165) is 39.1 Å². The summed E-state index contributed by atoms with van der Waals surface area (Å²) in [7, 11) is 0. The fourth-order valence-corrected chi connectivity index (χ4v) is 4.00. The summed E-state index contributed by atoms with van der Waals surface area (Å²) in [5.74, 6) is 0.227. The minimum atomic E-state index is 0.227. The second-order valence-electron chi connectivity index (χ2n) is 7.61. The molecule has 2 aliphatic rings. The molecule has 0 atom stereocenters. The van der Waals surface area contributed by atoms with Crippen molar-refractivity contribution in [3.8, 4) is 0 Å². The number of rotatable bonds is 6. The number of carbonyl (C=O) groups excluding carboxylic acids is 1. The van der Waals surface area contributed by atoms with Crippen LogP contribution in [0.3, 0.4) is 0 Å². The number of nitrogens with one attached hydrogen (secondary N) is 1. The Balaban J connectivity index is 1.32. The Kier molecular flexibility index (Phi) is 7.31. The second kappa shape index (κ2) is 9.93. The van der Waals surface area contributed by atoms with Crippen LogP contribution in [0.4, 0.5) is 0 Å². The Morgan fingerprint density at radius 2 is 1.56 bits per heavy atom. The van der Waals surface area contributed by atoms with Crippen molar-refractivity contribution in [3.05, 3.63) is 35.9 Å². The maximum Gasteiger partial charge on any atom is 0.234 e. The summed E-state index contributed by atoms with van der Waals surface area (Å²) >= 11 is 0. The lowest BCUT2D eigenvalue weighted by atomic mass is 10.1. The largest absolute Gasteiger partial charge is 0.352 e. The molecule has 3 rings (SSSR count). The van der Waals surface area contributed by atoms with Crippen LogP contribution < -0.4 is 5.32 Å². The van der Waals surface area contributed by atoms with Crippen LogP contribution in [0, 0.1) is 0 Å². The van der Waals surface area contributed by atoms with Crippen molar-refractivity contribution in [1.29, 1.82) is 0 Å². The van der Waals surface area contributed by atoms with Gasteiger partial charge in [0.05, 0.1) is 6.54 Å². The van der Waals surface area contributed by atoms with E-state index in [2.05, 4.69) is 45.4 Å². The van der Waals surface area contributed by atoms with Gasteiger partial charge in [-0.05, 0) is 24.8 Å². The molecular formula is C21H33N3O. The van der Waals surface area contributed by atoms with E-state index in [9.17, 15) is 4.79 Å². The molecule has 0 aromatic heterocycles. The fourth-order valence-electron chi connectivity index (χ4n) is 4.00. The molecule has 1 saturated carbocycles. The highest BCUT2D eigenvalue weighted by Gasteiger charge is 2.20. The Bertz CT molecular complexity index is 503. The number of hydrogen-bond acceptors (Lipinski definition) is 3. The molecule has 2 fully saturated rings. The summed E-state index contributed by atoms with van der Waals surface area (Å²) in [5, 5.41) is 3.27. The van der Waals surface area contributed by atoms with Gasteiger partial charge in [0.2, 0.25) is 5.91 Å². The van der Waals surface area contributed by atoms with Gasteiger partial charge in [-0.2, -0.15) is 0 Å². The molecule has 25 heavy (non-hydrogen) atoms. The lowest BCUT2D eigenvalue weighted by Crippen LogP contribution is -2.50. The molecule has 0 unspecified atom stereocenters. The average molecular weight is 344 g/mol. The normalized spacial score (nSPS) is 21.0. The summed E-state index contributed by atoms with van der Waals surface area (Å²) in [6, 6.07) is 11.1. The highest BCUT2D eigenvalue weighted by Crippen LogP contribution is 2.17. The maximum absolute atomic E-state index is 12.3. The summed E-state index contributed by atoms with van der Waals surface area (Å²) in [5.41, 5.74) is 1.41. The summed E-state index contributed by atoms with van der Waals surface area (Å²) in [6.07, 6.45) is 8.64. The van der Waals surface area contributed by atoms with Crippen LogP contribution in [0.25, 0.3) is 0 Å². The van der Waals surface area contributed by atoms with Gasteiger partial charge >= 0.3 is 0 Å². The molecular weight excluding hydrogens is 310 g/mol. The third kappa shape index (κ3) is 6.44. The van der Waals surface area contributed by atoms with Gasteiger partial charge in [-0.1, -0.05) is 56.0 Å². The molecule has 0 bridgehead atoms. The van der Waals surface area contributed by atoms with Crippen molar-refractivity contribution in [2.24, 2.45) is 0 Å². The van der Waals surface area contributed by atoms with E-state index < -0.39 is 0 Å². The van der Waals surface area contributed by atoms with Crippen molar-refractivity contribution in [3.63, 3.8) is 0 Å². The van der Waals surface area contributed by atoms with Crippen molar-refractivity contribution >= 4 is 5.91 Å². The Morgan fingerprint density at radius 1 is 0.920 bits per heavy atom. The zero-order valence-corrected chi connectivity index (χ0v) is 15.5. The molecule has 1 aromatic rings. The Labute approximate surface area is 152 Å². The molecule has 1 N–H and O–H groups in total. The quantitative estimate of drug-likeness (QED) is 0.807. The van der Waals surface area contributed by atoms with Crippen LogP contribution in [0.2, 0.25) is 0 Å². The third-order valence-electron chi connectivity index (χ3n) is 5.61. The number of hydrogen-bond donors (Lipinski definition) is 1. The van der Waals surface area contributed by atoms with E-state index >= 15 is 0 Å². The predicted octanol–water partition coefficient (Wildman–Crippen LogP) is 2.69. The fraction of sp³-hybridized carbons (Fsp3) is 0.667. The van der Waals surface area contributed by atoms with E-state index in [1.54, 1.807) is 0 Å². The second-order valence-corrected chi connectivity index (χ2v) is 7.61. The van der Waals surface area contributed by atoms with Crippen LogP contribution in [0.1, 0.15) is 44.1 Å². The molecule has 0 radical (unpaired) electrons. The Hall–Kier alpha value is -1.39. The molecule has 1 amide bonds. The van der Waals surface area contributed by atoms with E-state index in [1.165, 1.54) is 44.1 Å². The van der Waals surface area contributed by atoms with E-state index in [1.807, 2.05) is 0 Å². The molecule has 1 saturated heterocycles. The molecule has 4 heteroatoms. The first-order valence-electron chi connectivity index (χ1n) is 10.1. The van der Waals surface area contributed by atoms with Crippen LogP contribution in [0.15, 0.2) is 30.3 Å². The van der Waals surface area contributed by atoms with Gasteiger partial charge in [0.25, 0.3) is 0 Å². The smallest absolute Gasteiger partial charge is 0.234 e. The number of benzene rings is 1. The molecule has 1 heterocycles. The van der Waals surface area contributed by atoms with Gasteiger partial charge in [-0.15, -0.1) is 0 Å². The van der Waals surface area contributed by atoms with Gasteiger partial charge in [-0.25, -0.2) is 0 Å². The first-order valence-corrected chi connectivity index (χ1v) is 10.1. The molecule has 138 valence electrons. The van der Waals surface area contributed by atoms with Gasteiger partial charge in [0.15, 0.2) is 0 Å². The van der Waals surface area contributed by atoms with E-state index in [-0.39, 0.29) is 5.91 Å². The summed E-state index contributed by atoms with van der Waals surface area (Å²) in [4.78, 5) is 17.1.